The number of rotatable bonds is 8. The van der Waals surface area contributed by atoms with E-state index in [1.54, 1.807) is 12.1 Å². The van der Waals surface area contributed by atoms with E-state index in [0.717, 1.165) is 4.90 Å². The van der Waals surface area contributed by atoms with E-state index in [1.165, 1.54) is 61.7 Å². The van der Waals surface area contributed by atoms with Gasteiger partial charge in [-0.05, 0) is 81.7 Å². The standard InChI is InChI=1S/C26H20BrF2N3O5/c1-36-22-12-16(10-20(27)24(22)37-14-23(33)30-19-8-6-18(29)7-9-19)11-21-25(34)32(26(35)31-21)13-15-2-4-17(28)5-3-15/h2-12H,13-14H2,1H3,(H,30,33)(H,31,35)/b21-11+. The number of urea groups is 1. The van der Waals surface area contributed by atoms with Gasteiger partial charge in [-0.25, -0.2) is 13.6 Å². The van der Waals surface area contributed by atoms with E-state index in [2.05, 4.69) is 26.6 Å². The zero-order valence-corrected chi connectivity index (χ0v) is 21.0. The number of carbonyl (C=O) groups excluding carboxylic acids is 3. The van der Waals surface area contributed by atoms with Gasteiger partial charge in [-0.3, -0.25) is 14.5 Å². The molecular weight excluding hydrogens is 552 g/mol. The zero-order chi connectivity index (χ0) is 26.5. The van der Waals surface area contributed by atoms with Crippen molar-refractivity contribution in [3.63, 3.8) is 0 Å². The van der Waals surface area contributed by atoms with E-state index in [0.29, 0.717) is 21.3 Å². The van der Waals surface area contributed by atoms with E-state index in [9.17, 15) is 23.2 Å². The van der Waals surface area contributed by atoms with Crippen molar-refractivity contribution < 1.29 is 32.6 Å². The van der Waals surface area contributed by atoms with Gasteiger partial charge in [0.25, 0.3) is 11.8 Å². The molecule has 1 fully saturated rings. The van der Waals surface area contributed by atoms with Gasteiger partial charge in [0, 0.05) is 5.69 Å². The number of amides is 4. The molecule has 0 aromatic heterocycles. The van der Waals surface area contributed by atoms with Gasteiger partial charge in [0.1, 0.15) is 17.3 Å². The van der Waals surface area contributed by atoms with Gasteiger partial charge in [0.05, 0.1) is 18.1 Å². The summed E-state index contributed by atoms with van der Waals surface area (Å²) in [4.78, 5) is 38.4. The summed E-state index contributed by atoms with van der Waals surface area (Å²) in [6.07, 6.45) is 1.48. The molecule has 2 N–H and O–H groups in total. The molecule has 4 amide bonds. The maximum Gasteiger partial charge on any atom is 0.329 e. The highest BCUT2D eigenvalue weighted by Crippen LogP contribution is 2.37. The summed E-state index contributed by atoms with van der Waals surface area (Å²) in [5.74, 6) is -1.32. The van der Waals surface area contributed by atoms with Gasteiger partial charge in [-0.2, -0.15) is 0 Å². The summed E-state index contributed by atoms with van der Waals surface area (Å²) < 4.78 is 37.6. The predicted octanol–water partition coefficient (Wildman–Crippen LogP) is 4.85. The van der Waals surface area contributed by atoms with Crippen molar-refractivity contribution in [3.05, 3.63) is 93.6 Å². The summed E-state index contributed by atoms with van der Waals surface area (Å²) in [6.45, 7) is -0.359. The molecule has 0 atom stereocenters. The first kappa shape index (κ1) is 25.8. The Bertz CT molecular complexity index is 1380. The number of hydrogen-bond acceptors (Lipinski definition) is 5. The maximum absolute atomic E-state index is 13.1. The van der Waals surface area contributed by atoms with Crippen molar-refractivity contribution >= 4 is 45.5 Å². The zero-order valence-electron chi connectivity index (χ0n) is 19.4. The van der Waals surface area contributed by atoms with Crippen molar-refractivity contribution in [2.45, 2.75) is 6.54 Å². The van der Waals surface area contributed by atoms with Crippen molar-refractivity contribution in [1.29, 1.82) is 0 Å². The minimum atomic E-state index is -0.598. The number of nitrogens with one attached hydrogen (secondary N) is 2. The van der Waals surface area contributed by atoms with Crippen LogP contribution in [0.4, 0.5) is 19.3 Å². The second-order valence-electron chi connectivity index (χ2n) is 7.88. The van der Waals surface area contributed by atoms with Crippen molar-refractivity contribution in [2.75, 3.05) is 19.0 Å². The molecule has 0 saturated carbocycles. The first-order valence-electron chi connectivity index (χ1n) is 10.9. The van der Waals surface area contributed by atoms with Crippen molar-refractivity contribution in [2.24, 2.45) is 0 Å². The number of carbonyl (C=O) groups is 3. The molecule has 0 aliphatic carbocycles. The normalized spacial score (nSPS) is 14.1. The maximum atomic E-state index is 13.1. The Morgan fingerprint density at radius 1 is 1.05 bits per heavy atom. The third-order valence-electron chi connectivity index (χ3n) is 5.25. The SMILES string of the molecule is COc1cc(/C=C2/NC(=O)N(Cc3ccc(F)cc3)C2=O)cc(Br)c1OCC(=O)Nc1ccc(F)cc1. The average Bonchev–Trinajstić information content (AvgIpc) is 3.13. The molecule has 0 bridgehead atoms. The average molecular weight is 572 g/mol. The van der Waals surface area contributed by atoms with Crippen LogP contribution in [0.3, 0.4) is 0 Å². The molecule has 1 heterocycles. The molecule has 190 valence electrons. The van der Waals surface area contributed by atoms with E-state index >= 15 is 0 Å². The lowest BCUT2D eigenvalue weighted by molar-refractivity contribution is -0.123. The van der Waals surface area contributed by atoms with Crippen LogP contribution in [0.15, 0.2) is 70.8 Å². The number of anilines is 1. The Hall–Kier alpha value is -4.25. The monoisotopic (exact) mass is 571 g/mol. The van der Waals surface area contributed by atoms with Crippen molar-refractivity contribution in [3.8, 4) is 11.5 Å². The molecule has 3 aromatic rings. The van der Waals surface area contributed by atoms with Gasteiger partial charge in [-0.1, -0.05) is 12.1 Å². The van der Waals surface area contributed by atoms with Crippen LogP contribution in [0.5, 0.6) is 11.5 Å². The predicted molar refractivity (Wildman–Crippen MR) is 135 cm³/mol. The first-order chi connectivity index (χ1) is 17.7. The fraction of sp³-hybridized carbons (Fsp3) is 0.115. The fourth-order valence-corrected chi connectivity index (χ4v) is 4.06. The summed E-state index contributed by atoms with van der Waals surface area (Å²) >= 11 is 3.38. The summed E-state index contributed by atoms with van der Waals surface area (Å²) in [7, 11) is 1.41. The Morgan fingerprint density at radius 2 is 1.70 bits per heavy atom. The molecule has 1 aliphatic rings. The minimum absolute atomic E-state index is 0.0118. The van der Waals surface area contributed by atoms with Crippen LogP contribution < -0.4 is 20.1 Å². The smallest absolute Gasteiger partial charge is 0.329 e. The highest BCUT2D eigenvalue weighted by atomic mass is 79.9. The van der Waals surface area contributed by atoms with E-state index in [1.807, 2.05) is 0 Å². The second kappa shape index (κ2) is 11.2. The Morgan fingerprint density at radius 3 is 2.35 bits per heavy atom. The Balaban J connectivity index is 1.45. The van der Waals surface area contributed by atoms with Crippen LogP contribution >= 0.6 is 15.9 Å². The summed E-state index contributed by atoms with van der Waals surface area (Å²) in [5.41, 5.74) is 1.58. The van der Waals surface area contributed by atoms with Crippen LogP contribution in [-0.2, 0) is 16.1 Å². The summed E-state index contributed by atoms with van der Waals surface area (Å²) in [6, 6.07) is 13.4. The highest BCUT2D eigenvalue weighted by Gasteiger charge is 2.33. The van der Waals surface area contributed by atoms with E-state index in [-0.39, 0.29) is 30.3 Å². The van der Waals surface area contributed by atoms with Crippen LogP contribution in [0.25, 0.3) is 6.08 Å². The molecule has 0 radical (unpaired) electrons. The summed E-state index contributed by atoms with van der Waals surface area (Å²) in [5, 5.41) is 5.12. The Kier molecular flexibility index (Phi) is 7.83. The lowest BCUT2D eigenvalue weighted by Gasteiger charge is -2.14. The molecular formula is C26H20BrF2N3O5. The molecule has 1 saturated heterocycles. The molecule has 4 rings (SSSR count). The molecule has 0 unspecified atom stereocenters. The third-order valence-corrected chi connectivity index (χ3v) is 5.84. The third kappa shape index (κ3) is 6.31. The number of benzene rings is 3. The Labute approximate surface area is 219 Å². The molecule has 0 spiro atoms. The second-order valence-corrected chi connectivity index (χ2v) is 8.74. The lowest BCUT2D eigenvalue weighted by atomic mass is 10.1. The van der Waals surface area contributed by atoms with Crippen LogP contribution in [0, 0.1) is 11.6 Å². The van der Waals surface area contributed by atoms with Crippen LogP contribution in [-0.4, -0.2) is 36.5 Å². The molecule has 8 nitrogen and oxygen atoms in total. The molecule has 37 heavy (non-hydrogen) atoms. The molecule has 1 aliphatic heterocycles. The first-order valence-corrected chi connectivity index (χ1v) is 11.7. The number of methoxy groups -OCH3 is 1. The number of ether oxygens (including phenoxy) is 2. The van der Waals surface area contributed by atoms with Crippen molar-refractivity contribution in [1.82, 2.24) is 10.2 Å². The number of hydrogen-bond donors (Lipinski definition) is 2. The van der Waals surface area contributed by atoms with Crippen LogP contribution in [0.2, 0.25) is 0 Å². The van der Waals surface area contributed by atoms with Crippen LogP contribution in [0.1, 0.15) is 11.1 Å². The van der Waals surface area contributed by atoms with Gasteiger partial charge in [0.2, 0.25) is 0 Å². The highest BCUT2D eigenvalue weighted by molar-refractivity contribution is 9.10. The number of halogens is 3. The van der Waals surface area contributed by atoms with Gasteiger partial charge >= 0.3 is 6.03 Å². The van der Waals surface area contributed by atoms with Gasteiger partial charge in [-0.15, -0.1) is 0 Å². The largest absolute Gasteiger partial charge is 0.493 e. The fourth-order valence-electron chi connectivity index (χ4n) is 3.49. The quantitative estimate of drug-likeness (QED) is 0.298. The minimum Gasteiger partial charge on any atom is -0.493 e. The molecule has 3 aromatic carbocycles. The lowest BCUT2D eigenvalue weighted by Crippen LogP contribution is -2.30. The number of nitrogens with zero attached hydrogens (tertiary/aromatic N) is 1. The molecule has 11 heteroatoms. The van der Waals surface area contributed by atoms with E-state index < -0.39 is 29.5 Å². The topological polar surface area (TPSA) is 97.0 Å². The number of imide groups is 1. The van der Waals surface area contributed by atoms with Gasteiger partial charge < -0.3 is 20.1 Å². The van der Waals surface area contributed by atoms with Gasteiger partial charge in [0.15, 0.2) is 18.1 Å². The van der Waals surface area contributed by atoms with E-state index in [4.69, 9.17) is 9.47 Å².